The van der Waals surface area contributed by atoms with Crippen molar-refractivity contribution >= 4 is 40.7 Å². The predicted molar refractivity (Wildman–Crippen MR) is 177 cm³/mol. The van der Waals surface area contributed by atoms with Crippen molar-refractivity contribution < 1.29 is 28.4 Å². The first-order chi connectivity index (χ1) is 22.4. The molecule has 2 heterocycles. The zero-order valence-electron chi connectivity index (χ0n) is 24.9. The van der Waals surface area contributed by atoms with Crippen LogP contribution in [0.4, 0.5) is 0 Å². The number of halogens is 3. The van der Waals surface area contributed by atoms with E-state index in [2.05, 4.69) is 4.98 Å². The van der Waals surface area contributed by atoms with Gasteiger partial charge in [0.15, 0.2) is 0 Å². The van der Waals surface area contributed by atoms with Gasteiger partial charge in [-0.25, -0.2) is 0 Å². The van der Waals surface area contributed by atoms with E-state index in [4.69, 9.17) is 68.6 Å². The minimum Gasteiger partial charge on any atom is -0.445 e. The lowest BCUT2D eigenvalue weighted by molar-refractivity contribution is -0.313. The Morgan fingerprint density at radius 1 is 0.652 bits per heavy atom. The van der Waals surface area contributed by atoms with Crippen LogP contribution in [0.5, 0.6) is 0 Å². The van der Waals surface area contributed by atoms with Gasteiger partial charge in [-0.05, 0) is 28.8 Å². The molecule has 0 radical (unpaired) electrons. The van der Waals surface area contributed by atoms with Gasteiger partial charge in [-0.15, -0.1) is 0 Å². The summed E-state index contributed by atoms with van der Waals surface area (Å²) in [6, 6.07) is 34.9. The van der Waals surface area contributed by atoms with Crippen LogP contribution in [-0.4, -0.2) is 52.0 Å². The van der Waals surface area contributed by atoms with Crippen LogP contribution in [0.2, 0.25) is 0 Å². The number of benzene rings is 3. The molecule has 0 aliphatic carbocycles. The topological polar surface area (TPSA) is 92.1 Å². The highest BCUT2D eigenvalue weighted by molar-refractivity contribution is 6.76. The number of ether oxygens (including phenoxy) is 6. The monoisotopic (exact) mass is 684 g/mol. The molecule has 1 aliphatic rings. The van der Waals surface area contributed by atoms with Crippen molar-refractivity contribution in [1.29, 1.82) is 5.41 Å². The summed E-state index contributed by atoms with van der Waals surface area (Å²) in [5.41, 5.74) is 3.59. The van der Waals surface area contributed by atoms with E-state index in [0.29, 0.717) is 12.3 Å². The molecule has 3 aromatic carbocycles. The van der Waals surface area contributed by atoms with E-state index < -0.39 is 40.4 Å². The third-order valence-electron chi connectivity index (χ3n) is 7.20. The number of nitrogens with one attached hydrogen (secondary N) is 1. The molecule has 1 fully saturated rings. The zero-order valence-corrected chi connectivity index (χ0v) is 27.2. The molecule has 0 spiro atoms. The van der Waals surface area contributed by atoms with Crippen LogP contribution < -0.4 is 0 Å². The van der Waals surface area contributed by atoms with Gasteiger partial charge < -0.3 is 28.4 Å². The van der Waals surface area contributed by atoms with Crippen LogP contribution in [0.3, 0.4) is 0 Å². The summed E-state index contributed by atoms with van der Waals surface area (Å²) in [6.45, 7) is 1.08. The van der Waals surface area contributed by atoms with E-state index in [-0.39, 0.29) is 26.4 Å². The Balaban J connectivity index is 1.46. The van der Waals surface area contributed by atoms with Gasteiger partial charge in [0.05, 0.1) is 38.7 Å². The molecule has 242 valence electrons. The summed E-state index contributed by atoms with van der Waals surface area (Å²) < 4.78 is 35.9. The maximum Gasteiger partial charge on any atom is 0.265 e. The summed E-state index contributed by atoms with van der Waals surface area (Å²) >= 11 is 18.1. The Hall–Kier alpha value is -3.05. The highest BCUT2D eigenvalue weighted by Crippen LogP contribution is 2.34. The van der Waals surface area contributed by atoms with E-state index >= 15 is 0 Å². The predicted octanol–water partition coefficient (Wildman–Crippen LogP) is 7.44. The van der Waals surface area contributed by atoms with E-state index in [1.165, 1.54) is 0 Å². The highest BCUT2D eigenvalue weighted by Gasteiger charge is 2.51. The molecule has 1 aliphatic heterocycles. The van der Waals surface area contributed by atoms with Crippen molar-refractivity contribution in [1.82, 2.24) is 4.98 Å². The number of hydrogen-bond donors (Lipinski definition) is 1. The molecule has 11 heteroatoms. The largest absolute Gasteiger partial charge is 0.445 e. The SMILES string of the molecule is N=C(O[C@H]1O[C@H](COCc2ccccc2)[C@@H](OCc2ccccc2)[C@H](OCc2ccccc2)[C@H]1OCc1ccccn1)C(Cl)(Cl)Cl. The number of alkyl halides is 3. The first kappa shape index (κ1) is 34.3. The summed E-state index contributed by atoms with van der Waals surface area (Å²) in [5.74, 6) is -0.622. The fourth-order valence-electron chi connectivity index (χ4n) is 4.92. The molecule has 1 saturated heterocycles. The van der Waals surface area contributed by atoms with Crippen molar-refractivity contribution in [3.05, 3.63) is 138 Å². The molecule has 5 atom stereocenters. The summed E-state index contributed by atoms with van der Waals surface area (Å²) in [4.78, 5) is 4.38. The summed E-state index contributed by atoms with van der Waals surface area (Å²) in [6.07, 6.45) is -2.62. The quantitative estimate of drug-likeness (QED) is 0.0838. The minimum atomic E-state index is -2.13. The third kappa shape index (κ3) is 10.2. The highest BCUT2D eigenvalue weighted by atomic mass is 35.6. The standard InChI is InChI=1S/C35H35Cl3N2O6/c36-35(37,38)34(39)46-33-32(44-23-28-18-10-11-19-40-28)31(43-22-27-16-8-3-9-17-27)30(42-21-26-14-6-2-7-15-26)29(45-33)24-41-20-25-12-4-1-5-13-25/h1-19,29-33,39H,20-24H2/t29-,30-,31+,32-,33-/m1/s1. The van der Waals surface area contributed by atoms with Crippen molar-refractivity contribution in [2.45, 2.75) is 60.9 Å². The van der Waals surface area contributed by atoms with Gasteiger partial charge in [0.2, 0.25) is 12.2 Å². The van der Waals surface area contributed by atoms with Crippen LogP contribution in [0.25, 0.3) is 0 Å². The molecular formula is C35H35Cl3N2O6. The molecule has 5 rings (SSSR count). The first-order valence-electron chi connectivity index (χ1n) is 14.8. The van der Waals surface area contributed by atoms with Gasteiger partial charge in [-0.2, -0.15) is 0 Å². The van der Waals surface area contributed by atoms with Gasteiger partial charge in [0.1, 0.15) is 24.4 Å². The number of hydrogen-bond acceptors (Lipinski definition) is 8. The minimum absolute atomic E-state index is 0.0988. The Labute approximate surface area is 283 Å². The third-order valence-corrected chi connectivity index (χ3v) is 7.71. The van der Waals surface area contributed by atoms with Crippen LogP contribution in [-0.2, 0) is 54.8 Å². The summed E-state index contributed by atoms with van der Waals surface area (Å²) in [7, 11) is 0. The fourth-order valence-corrected chi connectivity index (χ4v) is 5.06. The van der Waals surface area contributed by atoms with Crippen LogP contribution in [0, 0.1) is 5.41 Å². The van der Waals surface area contributed by atoms with Gasteiger partial charge in [-0.1, -0.05) is 132 Å². The molecule has 46 heavy (non-hydrogen) atoms. The van der Waals surface area contributed by atoms with Crippen molar-refractivity contribution in [3.63, 3.8) is 0 Å². The molecule has 0 amide bonds. The molecular weight excluding hydrogens is 651 g/mol. The van der Waals surface area contributed by atoms with Gasteiger partial charge >= 0.3 is 0 Å². The number of rotatable bonds is 14. The molecule has 0 bridgehead atoms. The second kappa shape index (κ2) is 17.2. The smallest absolute Gasteiger partial charge is 0.265 e. The van der Waals surface area contributed by atoms with Gasteiger partial charge in [-0.3, -0.25) is 10.4 Å². The molecule has 0 saturated carbocycles. The van der Waals surface area contributed by atoms with Crippen molar-refractivity contribution in [2.24, 2.45) is 0 Å². The van der Waals surface area contributed by atoms with Crippen LogP contribution in [0.15, 0.2) is 115 Å². The average molecular weight is 686 g/mol. The van der Waals surface area contributed by atoms with E-state index in [0.717, 1.165) is 16.7 Å². The molecule has 8 nitrogen and oxygen atoms in total. The fraction of sp³-hybridized carbons (Fsp3) is 0.314. The maximum atomic E-state index is 8.36. The molecule has 4 aromatic rings. The van der Waals surface area contributed by atoms with Crippen LogP contribution in [0.1, 0.15) is 22.4 Å². The average Bonchev–Trinajstić information content (AvgIpc) is 3.07. The number of aromatic nitrogens is 1. The maximum absolute atomic E-state index is 8.36. The lowest BCUT2D eigenvalue weighted by Crippen LogP contribution is -2.62. The lowest BCUT2D eigenvalue weighted by Gasteiger charge is -2.45. The van der Waals surface area contributed by atoms with Crippen molar-refractivity contribution in [3.8, 4) is 0 Å². The van der Waals surface area contributed by atoms with E-state index in [9.17, 15) is 0 Å². The molecule has 1 aromatic heterocycles. The Bertz CT molecular complexity index is 1470. The Morgan fingerprint density at radius 2 is 1.17 bits per heavy atom. The molecule has 0 unspecified atom stereocenters. The molecule has 1 N–H and O–H groups in total. The van der Waals surface area contributed by atoms with Crippen molar-refractivity contribution in [2.75, 3.05) is 6.61 Å². The second-order valence-electron chi connectivity index (χ2n) is 10.6. The van der Waals surface area contributed by atoms with Gasteiger partial charge in [0, 0.05) is 6.20 Å². The normalized spacial score (nSPS) is 21.5. The van der Waals surface area contributed by atoms with E-state index in [1.54, 1.807) is 6.20 Å². The lowest BCUT2D eigenvalue weighted by atomic mass is 9.97. The van der Waals surface area contributed by atoms with E-state index in [1.807, 2.05) is 109 Å². The second-order valence-corrected chi connectivity index (χ2v) is 12.9. The van der Waals surface area contributed by atoms with Crippen LogP contribution >= 0.6 is 34.8 Å². The first-order valence-corrected chi connectivity index (χ1v) is 15.9. The Morgan fingerprint density at radius 3 is 1.72 bits per heavy atom. The number of nitrogens with zero attached hydrogens (tertiary/aromatic N) is 1. The Kier molecular flexibility index (Phi) is 12.8. The number of pyridine rings is 1. The zero-order chi connectivity index (χ0) is 32.2. The summed E-state index contributed by atoms with van der Waals surface area (Å²) in [5, 5.41) is 8.36. The van der Waals surface area contributed by atoms with Gasteiger partial charge in [0.25, 0.3) is 3.79 Å².